The summed E-state index contributed by atoms with van der Waals surface area (Å²) in [4.78, 5) is 28.9. The minimum atomic E-state index is -1.39. The van der Waals surface area contributed by atoms with Gasteiger partial charge in [0.2, 0.25) is 0 Å². The second-order valence-corrected chi connectivity index (χ2v) is 4.73. The highest BCUT2D eigenvalue weighted by molar-refractivity contribution is 6.35. The highest BCUT2D eigenvalue weighted by atomic mass is 35.5. The zero-order valence-corrected chi connectivity index (χ0v) is 11.7. The molecule has 0 radical (unpaired) electrons. The van der Waals surface area contributed by atoms with Crippen molar-refractivity contribution in [3.63, 3.8) is 0 Å². The minimum absolute atomic E-state index is 0.204. The SMILES string of the molecule is NC(=NC(=O)O)c1cc(-c2cc(Cl)c3nc[nH]c3c2)ncn1. The summed E-state index contributed by atoms with van der Waals surface area (Å²) in [7, 11) is 0. The van der Waals surface area contributed by atoms with E-state index >= 15 is 0 Å². The van der Waals surface area contributed by atoms with Crippen LogP contribution in [0.2, 0.25) is 5.02 Å². The number of imidazole rings is 1. The summed E-state index contributed by atoms with van der Waals surface area (Å²) in [6, 6.07) is 5.07. The zero-order valence-electron chi connectivity index (χ0n) is 11.0. The molecule has 0 fully saturated rings. The van der Waals surface area contributed by atoms with Crippen molar-refractivity contribution in [2.24, 2.45) is 10.7 Å². The molecule has 0 saturated heterocycles. The maximum absolute atomic E-state index is 10.6. The zero-order chi connectivity index (χ0) is 15.7. The molecule has 3 aromatic rings. The molecule has 22 heavy (non-hydrogen) atoms. The van der Waals surface area contributed by atoms with Gasteiger partial charge in [-0.3, -0.25) is 0 Å². The van der Waals surface area contributed by atoms with Gasteiger partial charge in [0.05, 0.1) is 22.6 Å². The first kappa shape index (κ1) is 14.0. The first-order valence-electron chi connectivity index (χ1n) is 6.07. The van der Waals surface area contributed by atoms with Gasteiger partial charge in [-0.15, -0.1) is 0 Å². The summed E-state index contributed by atoms with van der Waals surface area (Å²) in [6.45, 7) is 0. The predicted molar refractivity (Wildman–Crippen MR) is 80.9 cm³/mol. The normalized spacial score (nSPS) is 11.8. The van der Waals surface area contributed by atoms with Crippen molar-refractivity contribution >= 4 is 34.6 Å². The van der Waals surface area contributed by atoms with Crippen molar-refractivity contribution in [2.45, 2.75) is 0 Å². The lowest BCUT2D eigenvalue weighted by Crippen LogP contribution is -2.17. The number of nitrogens with zero attached hydrogens (tertiary/aromatic N) is 4. The predicted octanol–water partition coefficient (Wildman–Crippen LogP) is 2.06. The van der Waals surface area contributed by atoms with Crippen LogP contribution in [0.3, 0.4) is 0 Å². The van der Waals surface area contributed by atoms with E-state index in [1.165, 1.54) is 12.4 Å². The van der Waals surface area contributed by atoms with Crippen LogP contribution in [-0.4, -0.2) is 37.0 Å². The summed E-state index contributed by atoms with van der Waals surface area (Å²) >= 11 is 6.17. The smallest absolute Gasteiger partial charge is 0.433 e. The quantitative estimate of drug-likeness (QED) is 0.490. The average molecular weight is 317 g/mol. The number of rotatable bonds is 2. The molecule has 4 N–H and O–H groups in total. The van der Waals surface area contributed by atoms with Gasteiger partial charge in [0.1, 0.15) is 17.5 Å². The van der Waals surface area contributed by atoms with E-state index in [1.54, 1.807) is 12.4 Å². The van der Waals surface area contributed by atoms with Gasteiger partial charge in [0, 0.05) is 5.56 Å². The van der Waals surface area contributed by atoms with Crippen LogP contribution in [0, 0.1) is 0 Å². The van der Waals surface area contributed by atoms with Crippen molar-refractivity contribution in [3.05, 3.63) is 41.6 Å². The molecule has 3 rings (SSSR count). The summed E-state index contributed by atoms with van der Waals surface area (Å²) in [5.74, 6) is -0.204. The van der Waals surface area contributed by atoms with Crippen molar-refractivity contribution in [1.82, 2.24) is 19.9 Å². The highest BCUT2D eigenvalue weighted by Gasteiger charge is 2.10. The molecule has 0 aliphatic rings. The number of aromatic amines is 1. The van der Waals surface area contributed by atoms with Gasteiger partial charge in [-0.1, -0.05) is 11.6 Å². The van der Waals surface area contributed by atoms with Crippen LogP contribution in [0.5, 0.6) is 0 Å². The lowest BCUT2D eigenvalue weighted by molar-refractivity contribution is 0.205. The number of fused-ring (bicyclic) bond motifs is 1. The molecule has 0 unspecified atom stereocenters. The standard InChI is InChI=1S/C13H9ClN6O2/c14-7-1-6(2-9-11(7)19-5-17-9)8-3-10(18-4-16-8)12(15)20-13(21)22/h1-5H,(H2,15,20)(H,17,19)(H,21,22). The highest BCUT2D eigenvalue weighted by Crippen LogP contribution is 2.27. The van der Waals surface area contributed by atoms with Crippen LogP contribution < -0.4 is 5.73 Å². The molecular formula is C13H9ClN6O2. The Kier molecular flexibility index (Phi) is 3.43. The monoisotopic (exact) mass is 316 g/mol. The third kappa shape index (κ3) is 2.59. The Morgan fingerprint density at radius 2 is 2.09 bits per heavy atom. The first-order valence-corrected chi connectivity index (χ1v) is 6.45. The second-order valence-electron chi connectivity index (χ2n) is 4.32. The molecule has 0 atom stereocenters. The topological polar surface area (TPSA) is 130 Å². The van der Waals surface area contributed by atoms with Crippen LogP contribution in [0.25, 0.3) is 22.3 Å². The Bertz CT molecular complexity index is 904. The Hall–Kier alpha value is -3.00. The van der Waals surface area contributed by atoms with Gasteiger partial charge in [0.25, 0.3) is 0 Å². The first-order chi connectivity index (χ1) is 10.5. The van der Waals surface area contributed by atoms with Gasteiger partial charge in [-0.25, -0.2) is 19.7 Å². The van der Waals surface area contributed by atoms with E-state index in [1.807, 2.05) is 6.07 Å². The van der Waals surface area contributed by atoms with Crippen LogP contribution in [0.4, 0.5) is 4.79 Å². The number of nitrogens with two attached hydrogens (primary N) is 1. The Morgan fingerprint density at radius 1 is 1.27 bits per heavy atom. The number of carboxylic acid groups (broad SMARTS) is 1. The molecule has 0 aliphatic heterocycles. The lowest BCUT2D eigenvalue weighted by atomic mass is 10.1. The number of benzene rings is 1. The second kappa shape index (κ2) is 5.41. The van der Waals surface area contributed by atoms with E-state index in [9.17, 15) is 4.79 Å². The molecule has 1 amide bonds. The number of hydrogen-bond acceptors (Lipinski definition) is 4. The van der Waals surface area contributed by atoms with Crippen LogP contribution in [-0.2, 0) is 0 Å². The molecule has 1 aromatic carbocycles. The Labute approximate surface area is 128 Å². The maximum Gasteiger partial charge on any atom is 0.433 e. The van der Waals surface area contributed by atoms with Crippen LogP contribution in [0.1, 0.15) is 5.69 Å². The molecule has 8 nitrogen and oxygen atoms in total. The molecule has 2 heterocycles. The molecule has 0 spiro atoms. The third-order valence-electron chi connectivity index (χ3n) is 2.92. The van der Waals surface area contributed by atoms with Gasteiger partial charge >= 0.3 is 6.09 Å². The fraction of sp³-hybridized carbons (Fsp3) is 0. The Morgan fingerprint density at radius 3 is 2.86 bits per heavy atom. The molecular weight excluding hydrogens is 308 g/mol. The average Bonchev–Trinajstić information content (AvgIpc) is 2.95. The number of aliphatic imine (C=N–C) groups is 1. The van der Waals surface area contributed by atoms with E-state index < -0.39 is 6.09 Å². The summed E-state index contributed by atoms with van der Waals surface area (Å²) in [5, 5.41) is 9.10. The molecule has 9 heteroatoms. The summed E-state index contributed by atoms with van der Waals surface area (Å²) in [6.07, 6.45) is 1.43. The van der Waals surface area contributed by atoms with E-state index in [-0.39, 0.29) is 11.5 Å². The minimum Gasteiger partial charge on any atom is -0.463 e. The number of hydrogen-bond donors (Lipinski definition) is 3. The van der Waals surface area contributed by atoms with Crippen molar-refractivity contribution < 1.29 is 9.90 Å². The van der Waals surface area contributed by atoms with E-state index in [0.29, 0.717) is 21.8 Å². The van der Waals surface area contributed by atoms with E-state index in [0.717, 1.165) is 5.52 Å². The van der Waals surface area contributed by atoms with Gasteiger partial charge < -0.3 is 15.8 Å². The van der Waals surface area contributed by atoms with Crippen molar-refractivity contribution in [1.29, 1.82) is 0 Å². The number of amidine groups is 1. The van der Waals surface area contributed by atoms with Crippen molar-refractivity contribution in [3.8, 4) is 11.3 Å². The fourth-order valence-electron chi connectivity index (χ4n) is 1.97. The summed E-state index contributed by atoms with van der Waals surface area (Å²) < 4.78 is 0. The largest absolute Gasteiger partial charge is 0.463 e. The number of carbonyl (C=O) groups is 1. The molecule has 0 bridgehead atoms. The van der Waals surface area contributed by atoms with E-state index in [4.69, 9.17) is 22.4 Å². The van der Waals surface area contributed by atoms with Crippen LogP contribution >= 0.6 is 11.6 Å². The number of aromatic nitrogens is 4. The van der Waals surface area contributed by atoms with Gasteiger partial charge in [-0.05, 0) is 18.2 Å². The van der Waals surface area contributed by atoms with Gasteiger partial charge in [-0.2, -0.15) is 4.99 Å². The number of nitrogens with one attached hydrogen (secondary N) is 1. The molecule has 110 valence electrons. The summed E-state index contributed by atoms with van der Waals surface area (Å²) in [5.41, 5.74) is 8.47. The fourth-order valence-corrected chi connectivity index (χ4v) is 2.24. The van der Waals surface area contributed by atoms with Crippen LogP contribution in [0.15, 0.2) is 35.8 Å². The number of halogens is 1. The number of amides is 1. The van der Waals surface area contributed by atoms with Crippen molar-refractivity contribution in [2.75, 3.05) is 0 Å². The molecule has 0 aliphatic carbocycles. The van der Waals surface area contributed by atoms with Gasteiger partial charge in [0.15, 0.2) is 5.84 Å². The third-order valence-corrected chi connectivity index (χ3v) is 3.21. The maximum atomic E-state index is 10.6. The number of H-pyrrole nitrogens is 1. The molecule has 2 aromatic heterocycles. The Balaban J connectivity index is 2.09. The lowest BCUT2D eigenvalue weighted by Gasteiger charge is -2.04. The molecule has 0 saturated carbocycles. The van der Waals surface area contributed by atoms with E-state index in [2.05, 4.69) is 24.9 Å².